The third-order valence-electron chi connectivity index (χ3n) is 3.70. The maximum Gasteiger partial charge on any atom is 0.126 e. The Morgan fingerprint density at radius 1 is 1.35 bits per heavy atom. The minimum absolute atomic E-state index is 0.0721. The molecule has 2 N–H and O–H groups in total. The molecule has 1 atom stereocenters. The van der Waals surface area contributed by atoms with Crippen molar-refractivity contribution in [1.82, 2.24) is 5.32 Å². The molecule has 0 radical (unpaired) electrons. The number of nitrogens with zero attached hydrogens (tertiary/aromatic N) is 1. The van der Waals surface area contributed by atoms with Crippen LogP contribution in [0.1, 0.15) is 43.9 Å². The van der Waals surface area contributed by atoms with Crippen LogP contribution in [0.2, 0.25) is 0 Å². The van der Waals surface area contributed by atoms with Crippen LogP contribution in [0.4, 0.5) is 10.1 Å². The van der Waals surface area contributed by atoms with Crippen LogP contribution in [0.15, 0.2) is 12.1 Å². The fraction of sp³-hybridized carbons (Fsp3) is 0.625. The number of rotatable bonds is 8. The zero-order chi connectivity index (χ0) is 15.1. The number of unbranched alkanes of at least 4 members (excludes halogenated alkanes) is 1. The van der Waals surface area contributed by atoms with E-state index in [1.165, 1.54) is 0 Å². The van der Waals surface area contributed by atoms with Crippen molar-refractivity contribution in [2.75, 3.05) is 31.6 Å². The smallest absolute Gasteiger partial charge is 0.126 e. The van der Waals surface area contributed by atoms with Gasteiger partial charge in [0.15, 0.2) is 0 Å². The minimum atomic E-state index is -0.176. The summed E-state index contributed by atoms with van der Waals surface area (Å²) in [5.74, 6) is -0.176. The first-order valence-corrected chi connectivity index (χ1v) is 7.38. The van der Waals surface area contributed by atoms with E-state index < -0.39 is 0 Å². The second-order valence-electron chi connectivity index (χ2n) is 5.23. The van der Waals surface area contributed by atoms with E-state index in [9.17, 15) is 9.50 Å². The van der Waals surface area contributed by atoms with Crippen LogP contribution in [-0.2, 0) is 0 Å². The van der Waals surface area contributed by atoms with Gasteiger partial charge in [0.2, 0.25) is 0 Å². The fourth-order valence-electron chi connectivity index (χ4n) is 2.28. The second kappa shape index (κ2) is 8.22. The Labute approximate surface area is 121 Å². The highest BCUT2D eigenvalue weighted by Crippen LogP contribution is 2.29. The van der Waals surface area contributed by atoms with Crippen molar-refractivity contribution in [2.45, 2.75) is 39.7 Å². The number of aryl methyl sites for hydroxylation is 1. The van der Waals surface area contributed by atoms with Crippen LogP contribution in [0, 0.1) is 12.7 Å². The Morgan fingerprint density at radius 2 is 2.05 bits per heavy atom. The lowest BCUT2D eigenvalue weighted by Crippen LogP contribution is -2.30. The van der Waals surface area contributed by atoms with E-state index in [2.05, 4.69) is 17.1 Å². The molecule has 20 heavy (non-hydrogen) atoms. The van der Waals surface area contributed by atoms with Crippen LogP contribution in [0.25, 0.3) is 0 Å². The minimum Gasteiger partial charge on any atom is -0.395 e. The summed E-state index contributed by atoms with van der Waals surface area (Å²) in [6.45, 7) is 7.51. The molecule has 1 aromatic rings. The van der Waals surface area contributed by atoms with E-state index >= 15 is 0 Å². The zero-order valence-corrected chi connectivity index (χ0v) is 13.0. The standard InChI is InChI=1S/C16H27FN2O/c1-5-6-7-19(8-9-20)16-10-12(2)15(17)11-14(16)13(3)18-4/h10-11,13,18,20H,5-9H2,1-4H3. The van der Waals surface area contributed by atoms with Crippen LogP contribution < -0.4 is 10.2 Å². The lowest BCUT2D eigenvalue weighted by atomic mass is 10.0. The van der Waals surface area contributed by atoms with Gasteiger partial charge >= 0.3 is 0 Å². The van der Waals surface area contributed by atoms with Gasteiger partial charge in [-0.2, -0.15) is 0 Å². The van der Waals surface area contributed by atoms with Gasteiger partial charge in [0.1, 0.15) is 5.82 Å². The molecule has 0 fully saturated rings. The Kier molecular flexibility index (Phi) is 6.96. The summed E-state index contributed by atoms with van der Waals surface area (Å²) >= 11 is 0. The largest absolute Gasteiger partial charge is 0.395 e. The van der Waals surface area contributed by atoms with Gasteiger partial charge < -0.3 is 15.3 Å². The molecule has 3 nitrogen and oxygen atoms in total. The topological polar surface area (TPSA) is 35.5 Å². The van der Waals surface area contributed by atoms with Crippen molar-refractivity contribution >= 4 is 5.69 Å². The highest BCUT2D eigenvalue weighted by Gasteiger charge is 2.17. The van der Waals surface area contributed by atoms with E-state index in [1.54, 1.807) is 13.0 Å². The first kappa shape index (κ1) is 16.9. The summed E-state index contributed by atoms with van der Waals surface area (Å²) in [5, 5.41) is 12.4. The normalized spacial score (nSPS) is 12.5. The van der Waals surface area contributed by atoms with Crippen molar-refractivity contribution in [2.24, 2.45) is 0 Å². The van der Waals surface area contributed by atoms with Gasteiger partial charge in [0.25, 0.3) is 0 Å². The number of hydrogen-bond acceptors (Lipinski definition) is 3. The lowest BCUT2D eigenvalue weighted by molar-refractivity contribution is 0.301. The SMILES string of the molecule is CCCCN(CCO)c1cc(C)c(F)cc1C(C)NC. The van der Waals surface area contributed by atoms with Crippen LogP contribution in [-0.4, -0.2) is 31.9 Å². The average molecular weight is 282 g/mol. The molecule has 0 amide bonds. The molecule has 1 unspecified atom stereocenters. The number of aliphatic hydroxyl groups excluding tert-OH is 1. The average Bonchev–Trinajstić information content (AvgIpc) is 2.45. The molecule has 4 heteroatoms. The van der Waals surface area contributed by atoms with Crippen molar-refractivity contribution in [3.63, 3.8) is 0 Å². The zero-order valence-electron chi connectivity index (χ0n) is 13.0. The fourth-order valence-corrected chi connectivity index (χ4v) is 2.28. The number of aliphatic hydroxyl groups is 1. The van der Waals surface area contributed by atoms with E-state index in [0.717, 1.165) is 30.6 Å². The highest BCUT2D eigenvalue weighted by atomic mass is 19.1. The van der Waals surface area contributed by atoms with Gasteiger partial charge in [-0.15, -0.1) is 0 Å². The maximum absolute atomic E-state index is 13.9. The molecule has 0 aliphatic rings. The summed E-state index contributed by atoms with van der Waals surface area (Å²) in [7, 11) is 1.87. The molecule has 0 aliphatic heterocycles. The summed E-state index contributed by atoms with van der Waals surface area (Å²) in [5.41, 5.74) is 2.61. The van der Waals surface area contributed by atoms with Crippen molar-refractivity contribution in [3.8, 4) is 0 Å². The molecule has 1 aromatic carbocycles. The molecule has 0 aromatic heterocycles. The van der Waals surface area contributed by atoms with E-state index in [1.807, 2.05) is 20.0 Å². The van der Waals surface area contributed by atoms with E-state index in [-0.39, 0.29) is 18.5 Å². The van der Waals surface area contributed by atoms with Gasteiger partial charge in [-0.05, 0) is 50.6 Å². The van der Waals surface area contributed by atoms with Gasteiger partial charge in [-0.1, -0.05) is 13.3 Å². The van der Waals surface area contributed by atoms with Crippen LogP contribution in [0.5, 0.6) is 0 Å². The predicted molar refractivity (Wildman–Crippen MR) is 82.8 cm³/mol. The molecule has 0 aliphatic carbocycles. The number of halogens is 1. The third-order valence-corrected chi connectivity index (χ3v) is 3.70. The van der Waals surface area contributed by atoms with Gasteiger partial charge in [-0.25, -0.2) is 4.39 Å². The molecule has 0 heterocycles. The van der Waals surface area contributed by atoms with E-state index in [4.69, 9.17) is 0 Å². The molecule has 114 valence electrons. The van der Waals surface area contributed by atoms with Gasteiger partial charge in [-0.3, -0.25) is 0 Å². The molecule has 0 saturated carbocycles. The Morgan fingerprint density at radius 3 is 2.60 bits per heavy atom. The third kappa shape index (κ3) is 4.18. The molecule has 0 bridgehead atoms. The van der Waals surface area contributed by atoms with Crippen LogP contribution in [0.3, 0.4) is 0 Å². The number of hydrogen-bond donors (Lipinski definition) is 2. The molecule has 1 rings (SSSR count). The van der Waals surface area contributed by atoms with Crippen molar-refractivity contribution in [3.05, 3.63) is 29.1 Å². The van der Waals surface area contributed by atoms with Gasteiger partial charge in [0, 0.05) is 24.8 Å². The number of anilines is 1. The second-order valence-corrected chi connectivity index (χ2v) is 5.23. The molecular formula is C16H27FN2O. The van der Waals surface area contributed by atoms with Gasteiger partial charge in [0.05, 0.1) is 6.61 Å². The predicted octanol–water partition coefficient (Wildman–Crippen LogP) is 3.01. The summed E-state index contributed by atoms with van der Waals surface area (Å²) in [4.78, 5) is 2.15. The van der Waals surface area contributed by atoms with Crippen LogP contribution >= 0.6 is 0 Å². The van der Waals surface area contributed by atoms with Crippen molar-refractivity contribution in [1.29, 1.82) is 0 Å². The monoisotopic (exact) mass is 282 g/mol. The first-order valence-electron chi connectivity index (χ1n) is 7.38. The summed E-state index contributed by atoms with van der Waals surface area (Å²) in [6, 6.07) is 3.58. The highest BCUT2D eigenvalue weighted by molar-refractivity contribution is 5.57. The Balaban J connectivity index is 3.19. The number of nitrogens with one attached hydrogen (secondary N) is 1. The molecule has 0 spiro atoms. The summed E-state index contributed by atoms with van der Waals surface area (Å²) < 4.78 is 13.9. The number of benzene rings is 1. The molecule has 0 saturated heterocycles. The lowest BCUT2D eigenvalue weighted by Gasteiger charge is -2.29. The molecular weight excluding hydrogens is 255 g/mol. The summed E-state index contributed by atoms with van der Waals surface area (Å²) in [6.07, 6.45) is 2.16. The van der Waals surface area contributed by atoms with Crippen molar-refractivity contribution < 1.29 is 9.50 Å². The Bertz CT molecular complexity index is 423. The Hall–Kier alpha value is -1.13. The van der Waals surface area contributed by atoms with E-state index in [0.29, 0.717) is 12.1 Å². The first-order chi connectivity index (χ1) is 9.54. The quantitative estimate of drug-likeness (QED) is 0.769. The maximum atomic E-state index is 13.9.